The summed E-state index contributed by atoms with van der Waals surface area (Å²) < 4.78 is 3.93. The highest BCUT2D eigenvalue weighted by Gasteiger charge is 2.60. The summed E-state index contributed by atoms with van der Waals surface area (Å²) in [6.07, 6.45) is -0.840. The van der Waals surface area contributed by atoms with Gasteiger partial charge in [0.2, 0.25) is 5.91 Å². The largest absolute Gasteiger partial charge is 0.477 e. The van der Waals surface area contributed by atoms with Gasteiger partial charge < -0.3 is 15.1 Å². The van der Waals surface area contributed by atoms with E-state index in [4.69, 9.17) is 0 Å². The van der Waals surface area contributed by atoms with Gasteiger partial charge in [0, 0.05) is 22.3 Å². The lowest BCUT2D eigenvalue weighted by Gasteiger charge is -2.46. The zero-order chi connectivity index (χ0) is 23.8. The molecule has 0 aliphatic carbocycles. The third kappa shape index (κ3) is 3.01. The number of hydrogen-bond donors (Lipinski definition) is 2. The highest BCUT2D eigenvalue weighted by molar-refractivity contribution is 8.02. The first-order valence-electron chi connectivity index (χ1n) is 10.3. The molecule has 0 saturated carbocycles. The number of rotatable bonds is 6. The Bertz CT molecular complexity index is 1390. The lowest BCUT2D eigenvalue weighted by molar-refractivity contribution is -0.616. The summed E-state index contributed by atoms with van der Waals surface area (Å²) >= 11 is 2.88. The molecule has 5 rings (SSSR count). The zero-order valence-electron chi connectivity index (χ0n) is 18.0. The molecule has 1 fully saturated rings. The maximum atomic E-state index is 12.5. The number of carbonyl (C=O) groups excluding carboxylic acids is 1. The van der Waals surface area contributed by atoms with Gasteiger partial charge in [-0.15, -0.1) is 11.8 Å². The van der Waals surface area contributed by atoms with E-state index in [9.17, 15) is 29.9 Å². The molecule has 0 radical (unpaired) electrons. The van der Waals surface area contributed by atoms with Gasteiger partial charge in [-0.1, -0.05) is 18.3 Å². The van der Waals surface area contributed by atoms with Crippen LogP contribution in [0.3, 0.4) is 0 Å². The van der Waals surface area contributed by atoms with Gasteiger partial charge >= 0.3 is 10.9 Å². The van der Waals surface area contributed by atoms with Crippen LogP contribution in [-0.2, 0) is 22.4 Å². The number of thiazole rings is 1. The number of carboxylic acid groups (broad SMARTS) is 1. The maximum absolute atomic E-state index is 12.5. The van der Waals surface area contributed by atoms with Gasteiger partial charge in [-0.3, -0.25) is 14.9 Å². The van der Waals surface area contributed by atoms with Crippen LogP contribution in [0, 0.1) is 22.0 Å². The minimum Gasteiger partial charge on any atom is -0.477 e. The first-order chi connectivity index (χ1) is 15.6. The van der Waals surface area contributed by atoms with Gasteiger partial charge in [-0.2, -0.15) is 4.40 Å². The number of carboxylic acids is 1. The molecular formula is C21H21N4O6S2+. The molecule has 2 aliphatic rings. The predicted molar refractivity (Wildman–Crippen MR) is 122 cm³/mol. The standard InChI is InChI=1S/C21H20N4O6S2/c1-9-16-15(10(2)26)19(27)24(16)17(20(28)29)18(9)32-7-12-8-33-21-22(3)14-6-11(25(30)31)4-5-13(14)23(12)21/h4-6,8-10,15-16,26H,7H2,1-3H3/p+1/t9-,10-,15-,16-/m1/s1. The summed E-state index contributed by atoms with van der Waals surface area (Å²) in [5.41, 5.74) is 2.51. The molecule has 172 valence electrons. The number of nitrogens with zero attached hydrogens (tertiary/aromatic N) is 4. The third-order valence-corrected chi connectivity index (χ3v) is 8.90. The van der Waals surface area contributed by atoms with Crippen molar-refractivity contribution >= 4 is 56.7 Å². The highest BCUT2D eigenvalue weighted by Crippen LogP contribution is 2.51. The number of aromatic nitrogens is 2. The number of benzene rings is 1. The molecule has 0 spiro atoms. The van der Waals surface area contributed by atoms with Crippen LogP contribution in [-0.4, -0.2) is 48.5 Å². The Balaban J connectivity index is 1.51. The summed E-state index contributed by atoms with van der Waals surface area (Å²) in [7, 11) is 1.85. The van der Waals surface area contributed by atoms with Gasteiger partial charge in [0.25, 0.3) is 5.69 Å². The highest BCUT2D eigenvalue weighted by atomic mass is 32.2. The molecule has 10 nitrogen and oxygen atoms in total. The molecule has 2 aromatic heterocycles. The molecule has 12 heteroatoms. The van der Waals surface area contributed by atoms with Gasteiger partial charge in [-0.25, -0.2) is 9.36 Å². The van der Waals surface area contributed by atoms with E-state index in [1.807, 2.05) is 28.3 Å². The zero-order valence-corrected chi connectivity index (χ0v) is 19.6. The van der Waals surface area contributed by atoms with E-state index in [0.29, 0.717) is 10.7 Å². The number of fused-ring (bicyclic) bond motifs is 4. The topological polar surface area (TPSA) is 129 Å². The molecule has 2 N–H and O–H groups in total. The number of aliphatic carboxylic acids is 1. The summed E-state index contributed by atoms with van der Waals surface area (Å²) in [6, 6.07) is 4.39. The molecule has 1 aromatic carbocycles. The van der Waals surface area contributed by atoms with Crippen molar-refractivity contribution in [3.05, 3.63) is 50.0 Å². The number of aliphatic hydroxyl groups excluding tert-OH is 1. The Morgan fingerprint density at radius 3 is 2.79 bits per heavy atom. The monoisotopic (exact) mass is 489 g/mol. The fourth-order valence-electron chi connectivity index (χ4n) is 4.99. The molecule has 4 atom stereocenters. The van der Waals surface area contributed by atoms with Crippen molar-refractivity contribution in [1.29, 1.82) is 0 Å². The number of carbonyl (C=O) groups is 2. The quantitative estimate of drug-likeness (QED) is 0.235. The van der Waals surface area contributed by atoms with Crippen molar-refractivity contribution in [3.8, 4) is 0 Å². The van der Waals surface area contributed by atoms with Crippen LogP contribution in [0.25, 0.3) is 16.0 Å². The number of hydrogen-bond acceptors (Lipinski definition) is 7. The number of nitro benzene ring substituents is 1. The number of thioether (sulfide) groups is 1. The van der Waals surface area contributed by atoms with Crippen LogP contribution >= 0.6 is 23.1 Å². The summed E-state index contributed by atoms with van der Waals surface area (Å²) in [6.45, 7) is 3.45. The Labute approximate surface area is 195 Å². The number of nitro groups is 1. The fourth-order valence-corrected chi connectivity index (χ4v) is 7.34. The van der Waals surface area contributed by atoms with Crippen molar-refractivity contribution in [2.75, 3.05) is 0 Å². The van der Waals surface area contributed by atoms with Gasteiger partial charge in [0.15, 0.2) is 11.0 Å². The minimum absolute atomic E-state index is 0.00409. The summed E-state index contributed by atoms with van der Waals surface area (Å²) in [4.78, 5) is 38.2. The smallest absolute Gasteiger partial charge is 0.353 e. The van der Waals surface area contributed by atoms with Gasteiger partial charge in [0.05, 0.1) is 41.9 Å². The number of β-lactam (4-membered cyclic amide) rings is 1. The van der Waals surface area contributed by atoms with E-state index in [2.05, 4.69) is 0 Å². The van der Waals surface area contributed by atoms with Crippen molar-refractivity contribution in [2.45, 2.75) is 31.7 Å². The molecule has 4 heterocycles. The number of non-ortho nitro benzene ring substituents is 1. The van der Waals surface area contributed by atoms with Gasteiger partial charge in [-0.05, 0) is 13.0 Å². The number of imidazole rings is 1. The van der Waals surface area contributed by atoms with Crippen LogP contribution in [0.5, 0.6) is 0 Å². The van der Waals surface area contributed by atoms with Crippen LogP contribution in [0.1, 0.15) is 19.5 Å². The number of aliphatic hydroxyl groups is 1. The third-order valence-electron chi connectivity index (χ3n) is 6.52. The number of amides is 1. The van der Waals surface area contributed by atoms with Gasteiger partial charge in [0.1, 0.15) is 11.4 Å². The predicted octanol–water partition coefficient (Wildman–Crippen LogP) is 2.27. The molecule has 1 amide bonds. The Morgan fingerprint density at radius 1 is 1.42 bits per heavy atom. The lowest BCUT2D eigenvalue weighted by atomic mass is 9.79. The van der Waals surface area contributed by atoms with E-state index in [-0.39, 0.29) is 29.3 Å². The average Bonchev–Trinajstić information content (AvgIpc) is 3.36. The van der Waals surface area contributed by atoms with E-state index in [1.54, 1.807) is 19.1 Å². The Morgan fingerprint density at radius 2 is 2.15 bits per heavy atom. The second-order valence-corrected chi connectivity index (χ2v) is 10.2. The summed E-state index contributed by atoms with van der Waals surface area (Å²) in [5, 5.41) is 33.0. The molecule has 33 heavy (non-hydrogen) atoms. The fraction of sp³-hybridized carbons (Fsp3) is 0.381. The van der Waals surface area contributed by atoms with Crippen LogP contribution in [0.2, 0.25) is 0 Å². The van der Waals surface area contributed by atoms with Crippen LogP contribution < -0.4 is 4.57 Å². The minimum atomic E-state index is -1.15. The van der Waals surface area contributed by atoms with E-state index < -0.39 is 22.9 Å². The maximum Gasteiger partial charge on any atom is 0.353 e. The molecule has 2 aliphatic heterocycles. The average molecular weight is 490 g/mol. The summed E-state index contributed by atoms with van der Waals surface area (Å²) in [5.74, 6) is -1.83. The first-order valence-corrected chi connectivity index (χ1v) is 12.2. The van der Waals surface area contributed by atoms with Crippen LogP contribution in [0.15, 0.2) is 34.2 Å². The Hall–Kier alpha value is -2.96. The lowest BCUT2D eigenvalue weighted by Crippen LogP contribution is -2.63. The normalized spacial score (nSPS) is 23.3. The van der Waals surface area contributed by atoms with Crippen LogP contribution in [0.4, 0.5) is 5.69 Å². The van der Waals surface area contributed by atoms with Crippen molar-refractivity contribution < 1.29 is 29.3 Å². The Kier molecular flexibility index (Phi) is 4.99. The molecule has 0 unspecified atom stereocenters. The first kappa shape index (κ1) is 21.9. The second kappa shape index (κ2) is 7.54. The van der Waals surface area contributed by atoms with Crippen molar-refractivity contribution in [1.82, 2.24) is 9.30 Å². The van der Waals surface area contributed by atoms with Crippen molar-refractivity contribution in [2.24, 2.45) is 18.9 Å². The second-order valence-electron chi connectivity index (χ2n) is 8.39. The van der Waals surface area contributed by atoms with E-state index in [1.165, 1.54) is 34.1 Å². The van der Waals surface area contributed by atoms with E-state index in [0.717, 1.165) is 21.7 Å². The SMILES string of the molecule is C[C@@H](O)[C@H]1C(=O)N2C(C(=O)O)=C(SCc3csc4n3c3ccc([N+](=O)[O-])cc3[n+]4C)[C@H](C)[C@H]12. The van der Waals surface area contributed by atoms with E-state index >= 15 is 0 Å². The molecule has 3 aromatic rings. The number of aryl methyl sites for hydroxylation is 1. The van der Waals surface area contributed by atoms with Crippen molar-refractivity contribution in [3.63, 3.8) is 0 Å². The molecule has 0 bridgehead atoms. The molecule has 1 saturated heterocycles. The molecular weight excluding hydrogens is 468 g/mol.